The number of hydrogen-bond donors (Lipinski definition) is 2. The van der Waals surface area contributed by atoms with Gasteiger partial charge in [0.05, 0.1) is 9.40 Å². The molecule has 1 aromatic carbocycles. The summed E-state index contributed by atoms with van der Waals surface area (Å²) in [6.45, 7) is 2.05. The minimum absolute atomic E-state index is 0.0127. The third kappa shape index (κ3) is 4.78. The molecule has 0 spiro atoms. The van der Waals surface area contributed by atoms with Crippen molar-refractivity contribution in [3.05, 3.63) is 32.8 Å². The average Bonchev–Trinajstić information content (AvgIpc) is 2.46. The van der Waals surface area contributed by atoms with Crippen LogP contribution in [-0.4, -0.2) is 23.9 Å². The van der Waals surface area contributed by atoms with Crippen LogP contribution in [-0.2, 0) is 4.79 Å². The second kappa shape index (κ2) is 7.51. The van der Waals surface area contributed by atoms with Crippen LogP contribution >= 0.6 is 15.9 Å². The first kappa shape index (κ1) is 15.9. The standard InChI is InChI=1S/C14H18BrN3O3/c15-12-8-11(4-5-13(12)18(20)21)17-14(19)6-3-10-2-1-7-16-9-10/h4-5,8,10,16H,1-3,6-7,9H2,(H,17,19). The smallest absolute Gasteiger partial charge is 0.283 e. The van der Waals surface area contributed by atoms with Gasteiger partial charge in [-0.25, -0.2) is 0 Å². The maximum absolute atomic E-state index is 11.9. The highest BCUT2D eigenvalue weighted by Gasteiger charge is 2.15. The molecule has 1 aromatic rings. The molecular formula is C14H18BrN3O3. The van der Waals surface area contributed by atoms with E-state index in [1.165, 1.54) is 18.9 Å². The fraction of sp³-hybridized carbons (Fsp3) is 0.500. The molecule has 1 fully saturated rings. The second-order valence-corrected chi connectivity index (χ2v) is 6.08. The number of amides is 1. The molecule has 1 atom stereocenters. The maximum Gasteiger partial charge on any atom is 0.283 e. The van der Waals surface area contributed by atoms with Crippen LogP contribution in [0.1, 0.15) is 25.7 Å². The predicted molar refractivity (Wildman–Crippen MR) is 84.3 cm³/mol. The monoisotopic (exact) mass is 355 g/mol. The summed E-state index contributed by atoms with van der Waals surface area (Å²) in [6, 6.07) is 4.48. The average molecular weight is 356 g/mol. The zero-order valence-electron chi connectivity index (χ0n) is 11.6. The van der Waals surface area contributed by atoms with Crippen molar-refractivity contribution in [3.8, 4) is 0 Å². The van der Waals surface area contributed by atoms with Gasteiger partial charge in [0.2, 0.25) is 5.91 Å². The van der Waals surface area contributed by atoms with Gasteiger partial charge in [0.1, 0.15) is 0 Å². The number of nitro groups is 1. The number of nitro benzene ring substituents is 1. The van der Waals surface area contributed by atoms with E-state index >= 15 is 0 Å². The van der Waals surface area contributed by atoms with Crippen molar-refractivity contribution in [1.29, 1.82) is 0 Å². The van der Waals surface area contributed by atoms with Crippen molar-refractivity contribution in [3.63, 3.8) is 0 Å². The van der Waals surface area contributed by atoms with Crippen LogP contribution in [0.4, 0.5) is 11.4 Å². The zero-order valence-corrected chi connectivity index (χ0v) is 13.2. The molecule has 1 heterocycles. The van der Waals surface area contributed by atoms with Crippen LogP contribution in [0.5, 0.6) is 0 Å². The molecule has 2 rings (SSSR count). The Morgan fingerprint density at radius 3 is 2.95 bits per heavy atom. The molecule has 0 bridgehead atoms. The summed E-state index contributed by atoms with van der Waals surface area (Å²) >= 11 is 3.14. The van der Waals surface area contributed by atoms with E-state index < -0.39 is 4.92 Å². The molecule has 2 N–H and O–H groups in total. The molecule has 1 aliphatic rings. The highest BCUT2D eigenvalue weighted by Crippen LogP contribution is 2.27. The normalized spacial score (nSPS) is 18.2. The Morgan fingerprint density at radius 2 is 2.33 bits per heavy atom. The number of carbonyl (C=O) groups is 1. The quantitative estimate of drug-likeness (QED) is 0.627. The molecule has 0 aromatic heterocycles. The Labute approximate surface area is 131 Å². The van der Waals surface area contributed by atoms with Gasteiger partial charge in [-0.1, -0.05) is 0 Å². The summed E-state index contributed by atoms with van der Waals surface area (Å²) in [5, 5.41) is 16.8. The Bertz CT molecular complexity index is 530. The number of benzene rings is 1. The molecular weight excluding hydrogens is 338 g/mol. The van der Waals surface area contributed by atoms with E-state index in [2.05, 4.69) is 26.6 Å². The van der Waals surface area contributed by atoms with Gasteiger partial charge in [-0.05, 0) is 66.3 Å². The number of anilines is 1. The number of nitrogens with zero attached hydrogens (tertiary/aromatic N) is 1. The predicted octanol–water partition coefficient (Wildman–Crippen LogP) is 3.08. The molecule has 0 aliphatic carbocycles. The van der Waals surface area contributed by atoms with Crippen molar-refractivity contribution in [2.45, 2.75) is 25.7 Å². The van der Waals surface area contributed by atoms with Gasteiger partial charge in [-0.2, -0.15) is 0 Å². The molecule has 1 aliphatic heterocycles. The summed E-state index contributed by atoms with van der Waals surface area (Å²) in [4.78, 5) is 22.2. The van der Waals surface area contributed by atoms with E-state index in [1.807, 2.05) is 0 Å². The van der Waals surface area contributed by atoms with Crippen LogP contribution in [0.15, 0.2) is 22.7 Å². The summed E-state index contributed by atoms with van der Waals surface area (Å²) in [6.07, 6.45) is 3.68. The fourth-order valence-corrected chi connectivity index (χ4v) is 2.99. The van der Waals surface area contributed by atoms with E-state index in [1.54, 1.807) is 12.1 Å². The first-order valence-electron chi connectivity index (χ1n) is 7.01. The zero-order chi connectivity index (χ0) is 15.2. The summed E-state index contributed by atoms with van der Waals surface area (Å²) in [5.41, 5.74) is 0.556. The summed E-state index contributed by atoms with van der Waals surface area (Å²) in [7, 11) is 0. The van der Waals surface area contributed by atoms with Gasteiger partial charge in [0.15, 0.2) is 0 Å². The van der Waals surface area contributed by atoms with Crippen molar-refractivity contribution < 1.29 is 9.72 Å². The van der Waals surface area contributed by atoms with Crippen molar-refractivity contribution in [1.82, 2.24) is 5.32 Å². The Balaban J connectivity index is 1.84. The number of rotatable bonds is 5. The van der Waals surface area contributed by atoms with Crippen LogP contribution in [0, 0.1) is 16.0 Å². The number of hydrogen-bond acceptors (Lipinski definition) is 4. The van der Waals surface area contributed by atoms with Crippen molar-refractivity contribution in [2.75, 3.05) is 18.4 Å². The Kier molecular flexibility index (Phi) is 5.69. The van der Waals surface area contributed by atoms with Crippen LogP contribution in [0.25, 0.3) is 0 Å². The third-order valence-electron chi connectivity index (χ3n) is 3.61. The van der Waals surface area contributed by atoms with E-state index in [0.717, 1.165) is 19.5 Å². The minimum Gasteiger partial charge on any atom is -0.326 e. The maximum atomic E-state index is 11.9. The molecule has 1 amide bonds. The summed E-state index contributed by atoms with van der Waals surface area (Å²) in [5.74, 6) is 0.509. The van der Waals surface area contributed by atoms with E-state index in [0.29, 0.717) is 22.5 Å². The highest BCUT2D eigenvalue weighted by molar-refractivity contribution is 9.10. The molecule has 1 saturated heterocycles. The Hall–Kier alpha value is -1.47. The number of nitrogens with one attached hydrogen (secondary N) is 2. The van der Waals surface area contributed by atoms with E-state index in [-0.39, 0.29) is 11.6 Å². The lowest BCUT2D eigenvalue weighted by atomic mass is 9.94. The van der Waals surface area contributed by atoms with Crippen LogP contribution in [0.2, 0.25) is 0 Å². The Morgan fingerprint density at radius 1 is 1.52 bits per heavy atom. The van der Waals surface area contributed by atoms with Gasteiger partial charge in [0.25, 0.3) is 5.69 Å². The lowest BCUT2D eigenvalue weighted by molar-refractivity contribution is -0.385. The van der Waals surface area contributed by atoms with E-state index in [9.17, 15) is 14.9 Å². The molecule has 7 heteroatoms. The number of carbonyl (C=O) groups excluding carboxylic acids is 1. The van der Waals surface area contributed by atoms with Gasteiger partial charge < -0.3 is 10.6 Å². The third-order valence-corrected chi connectivity index (χ3v) is 4.24. The molecule has 6 nitrogen and oxygen atoms in total. The minimum atomic E-state index is -0.467. The number of piperidine rings is 1. The fourth-order valence-electron chi connectivity index (χ4n) is 2.46. The molecule has 21 heavy (non-hydrogen) atoms. The second-order valence-electron chi connectivity index (χ2n) is 5.22. The van der Waals surface area contributed by atoms with Crippen molar-refractivity contribution >= 4 is 33.2 Å². The van der Waals surface area contributed by atoms with Gasteiger partial charge in [-0.3, -0.25) is 14.9 Å². The highest BCUT2D eigenvalue weighted by atomic mass is 79.9. The largest absolute Gasteiger partial charge is 0.326 e. The first-order valence-corrected chi connectivity index (χ1v) is 7.80. The molecule has 1 unspecified atom stereocenters. The lowest BCUT2D eigenvalue weighted by Gasteiger charge is -2.22. The SMILES string of the molecule is O=C(CCC1CCCNC1)Nc1ccc([N+](=O)[O-])c(Br)c1. The van der Waals surface area contributed by atoms with Crippen molar-refractivity contribution in [2.24, 2.45) is 5.92 Å². The summed E-state index contributed by atoms with van der Waals surface area (Å²) < 4.78 is 0.363. The number of halogens is 1. The molecule has 0 radical (unpaired) electrons. The van der Waals surface area contributed by atoms with Crippen LogP contribution in [0.3, 0.4) is 0 Å². The first-order chi connectivity index (χ1) is 10.1. The van der Waals surface area contributed by atoms with E-state index in [4.69, 9.17) is 0 Å². The van der Waals surface area contributed by atoms with Crippen LogP contribution < -0.4 is 10.6 Å². The van der Waals surface area contributed by atoms with Gasteiger partial charge >= 0.3 is 0 Å². The van der Waals surface area contributed by atoms with Gasteiger partial charge in [-0.15, -0.1) is 0 Å². The molecule has 114 valence electrons. The molecule has 0 saturated carbocycles. The topological polar surface area (TPSA) is 84.3 Å². The lowest BCUT2D eigenvalue weighted by Crippen LogP contribution is -2.30. The van der Waals surface area contributed by atoms with Gasteiger partial charge in [0, 0.05) is 18.2 Å².